The van der Waals surface area contributed by atoms with Crippen molar-refractivity contribution >= 4 is 0 Å². The van der Waals surface area contributed by atoms with Gasteiger partial charge in [-0.2, -0.15) is 0 Å². The summed E-state index contributed by atoms with van der Waals surface area (Å²) in [5, 5.41) is 12.2. The van der Waals surface area contributed by atoms with Gasteiger partial charge in [-0.05, 0) is 24.9 Å². The largest absolute Gasteiger partial charge is 0.472 e. The number of nitrogens with one attached hydrogen (secondary N) is 1. The van der Waals surface area contributed by atoms with Gasteiger partial charge in [0.15, 0.2) is 0 Å². The summed E-state index contributed by atoms with van der Waals surface area (Å²) in [6.07, 6.45) is 5.43. The molecule has 0 aliphatic carbocycles. The Morgan fingerprint density at radius 3 is 3.00 bits per heavy atom. The zero-order valence-corrected chi connectivity index (χ0v) is 8.70. The molecule has 1 atom stereocenters. The highest BCUT2D eigenvalue weighted by Gasteiger charge is 2.04. The van der Waals surface area contributed by atoms with Gasteiger partial charge in [0.05, 0.1) is 12.5 Å². The fraction of sp³-hybridized carbons (Fsp3) is 0.636. The van der Waals surface area contributed by atoms with Crippen LogP contribution < -0.4 is 5.32 Å². The molecule has 3 nitrogen and oxygen atoms in total. The smallest absolute Gasteiger partial charge is 0.0947 e. The summed E-state index contributed by atoms with van der Waals surface area (Å²) in [4.78, 5) is 0. The molecule has 0 saturated heterocycles. The first-order valence-corrected chi connectivity index (χ1v) is 5.19. The third kappa shape index (κ3) is 3.94. The molecule has 1 unspecified atom stereocenters. The molecule has 2 N–H and O–H groups in total. The molecule has 0 fully saturated rings. The van der Waals surface area contributed by atoms with Crippen LogP contribution in [0.15, 0.2) is 23.0 Å². The summed E-state index contributed by atoms with van der Waals surface area (Å²) in [7, 11) is 0. The Bertz CT molecular complexity index is 221. The van der Waals surface area contributed by atoms with E-state index in [9.17, 15) is 0 Å². The summed E-state index contributed by atoms with van der Waals surface area (Å²) >= 11 is 0. The molecule has 1 heterocycles. The highest BCUT2D eigenvalue weighted by molar-refractivity contribution is 5.04. The van der Waals surface area contributed by atoms with E-state index >= 15 is 0 Å². The van der Waals surface area contributed by atoms with E-state index in [4.69, 9.17) is 9.52 Å². The first kappa shape index (κ1) is 11.3. The molecule has 1 aromatic heterocycles. The van der Waals surface area contributed by atoms with Crippen LogP contribution in [-0.4, -0.2) is 18.3 Å². The Labute approximate surface area is 85.1 Å². The molecular weight excluding hydrogens is 178 g/mol. The molecule has 80 valence electrons. The van der Waals surface area contributed by atoms with E-state index < -0.39 is 0 Å². The van der Waals surface area contributed by atoms with Crippen molar-refractivity contribution in [2.24, 2.45) is 5.92 Å². The molecule has 0 aromatic carbocycles. The zero-order valence-electron chi connectivity index (χ0n) is 8.70. The predicted octanol–water partition coefficient (Wildman–Crippen LogP) is 1.78. The molecule has 0 aliphatic heterocycles. The lowest BCUT2D eigenvalue weighted by Crippen LogP contribution is -2.22. The Morgan fingerprint density at radius 1 is 1.57 bits per heavy atom. The molecule has 1 aromatic rings. The Hall–Kier alpha value is -0.800. The van der Waals surface area contributed by atoms with Crippen LogP contribution in [0.3, 0.4) is 0 Å². The van der Waals surface area contributed by atoms with Crippen LogP contribution in [0.1, 0.15) is 25.3 Å². The van der Waals surface area contributed by atoms with E-state index in [2.05, 4.69) is 12.2 Å². The molecule has 3 heteroatoms. The van der Waals surface area contributed by atoms with E-state index in [-0.39, 0.29) is 6.61 Å². The first-order valence-electron chi connectivity index (χ1n) is 5.19. The second kappa shape index (κ2) is 6.62. The molecule has 0 aliphatic rings. The highest BCUT2D eigenvalue weighted by Crippen LogP contribution is 2.06. The summed E-state index contributed by atoms with van der Waals surface area (Å²) in [5.41, 5.74) is 1.17. The summed E-state index contributed by atoms with van der Waals surface area (Å²) < 4.78 is 4.97. The topological polar surface area (TPSA) is 45.4 Å². The van der Waals surface area contributed by atoms with Gasteiger partial charge in [-0.1, -0.05) is 13.3 Å². The quantitative estimate of drug-likeness (QED) is 0.700. The van der Waals surface area contributed by atoms with Crippen molar-refractivity contribution in [3.8, 4) is 0 Å². The Morgan fingerprint density at radius 2 is 2.43 bits per heavy atom. The van der Waals surface area contributed by atoms with Crippen molar-refractivity contribution in [3.05, 3.63) is 24.2 Å². The minimum Gasteiger partial charge on any atom is -0.472 e. The van der Waals surface area contributed by atoms with Crippen molar-refractivity contribution in [1.82, 2.24) is 5.32 Å². The number of aliphatic hydroxyl groups is 1. The average Bonchev–Trinajstić information content (AvgIpc) is 2.69. The van der Waals surface area contributed by atoms with Gasteiger partial charge in [-0.25, -0.2) is 0 Å². The third-order valence-corrected chi connectivity index (χ3v) is 2.46. The first-order chi connectivity index (χ1) is 6.86. The van der Waals surface area contributed by atoms with Crippen molar-refractivity contribution in [1.29, 1.82) is 0 Å². The van der Waals surface area contributed by atoms with Crippen molar-refractivity contribution in [2.75, 3.05) is 13.2 Å². The lowest BCUT2D eigenvalue weighted by Gasteiger charge is -2.13. The average molecular weight is 197 g/mol. The molecular formula is C11H19NO2. The summed E-state index contributed by atoms with van der Waals surface area (Å²) in [5.74, 6) is 0.576. The second-order valence-electron chi connectivity index (χ2n) is 3.55. The number of hydrogen-bond acceptors (Lipinski definition) is 3. The second-order valence-corrected chi connectivity index (χ2v) is 3.55. The van der Waals surface area contributed by atoms with Crippen molar-refractivity contribution in [2.45, 2.75) is 26.3 Å². The van der Waals surface area contributed by atoms with Crippen LogP contribution >= 0.6 is 0 Å². The van der Waals surface area contributed by atoms with Gasteiger partial charge in [0.25, 0.3) is 0 Å². The van der Waals surface area contributed by atoms with Crippen LogP contribution in [-0.2, 0) is 6.54 Å². The molecule has 0 amide bonds. The van der Waals surface area contributed by atoms with Crippen molar-refractivity contribution in [3.63, 3.8) is 0 Å². The van der Waals surface area contributed by atoms with E-state index in [0.717, 1.165) is 25.9 Å². The minimum absolute atomic E-state index is 0.284. The molecule has 1 rings (SSSR count). The minimum atomic E-state index is 0.284. The number of rotatable bonds is 7. The maximum Gasteiger partial charge on any atom is 0.0947 e. The van der Waals surface area contributed by atoms with E-state index in [1.165, 1.54) is 5.56 Å². The normalized spacial score (nSPS) is 13.0. The van der Waals surface area contributed by atoms with E-state index in [0.29, 0.717) is 5.92 Å². The van der Waals surface area contributed by atoms with Crippen LogP contribution in [0.25, 0.3) is 0 Å². The standard InChI is InChI=1S/C11H19NO2/c1-2-10(3-5-13)7-12-8-11-4-6-14-9-11/h4,6,9-10,12-13H,2-3,5,7-8H2,1H3. The predicted molar refractivity (Wildman–Crippen MR) is 55.9 cm³/mol. The summed E-state index contributed by atoms with van der Waals surface area (Å²) in [6, 6.07) is 1.96. The highest BCUT2D eigenvalue weighted by atomic mass is 16.3. The number of aliphatic hydroxyl groups excluding tert-OH is 1. The number of furan rings is 1. The molecule has 0 bridgehead atoms. The van der Waals surface area contributed by atoms with Crippen LogP contribution in [0.2, 0.25) is 0 Å². The lowest BCUT2D eigenvalue weighted by atomic mass is 10.0. The van der Waals surface area contributed by atoms with Gasteiger partial charge < -0.3 is 14.8 Å². The van der Waals surface area contributed by atoms with Crippen molar-refractivity contribution < 1.29 is 9.52 Å². The molecule has 0 saturated carbocycles. The van der Waals surface area contributed by atoms with Gasteiger partial charge in [0, 0.05) is 18.7 Å². The zero-order chi connectivity index (χ0) is 10.2. The fourth-order valence-electron chi connectivity index (χ4n) is 1.45. The maximum atomic E-state index is 8.81. The van der Waals surface area contributed by atoms with Gasteiger partial charge >= 0.3 is 0 Å². The van der Waals surface area contributed by atoms with Crippen LogP contribution in [0.4, 0.5) is 0 Å². The Balaban J connectivity index is 2.13. The monoisotopic (exact) mass is 197 g/mol. The summed E-state index contributed by atoms with van der Waals surface area (Å²) in [6.45, 7) is 4.24. The fourth-order valence-corrected chi connectivity index (χ4v) is 1.45. The van der Waals surface area contributed by atoms with Gasteiger partial charge in [0.1, 0.15) is 0 Å². The number of hydrogen-bond donors (Lipinski definition) is 2. The third-order valence-electron chi connectivity index (χ3n) is 2.46. The molecule has 0 radical (unpaired) electrons. The van der Waals surface area contributed by atoms with Gasteiger partial charge in [-0.3, -0.25) is 0 Å². The van der Waals surface area contributed by atoms with E-state index in [1.54, 1.807) is 12.5 Å². The maximum absolute atomic E-state index is 8.81. The van der Waals surface area contributed by atoms with Crippen LogP contribution in [0, 0.1) is 5.92 Å². The Kier molecular flexibility index (Phi) is 5.33. The SMILES string of the molecule is CCC(CCO)CNCc1ccoc1. The molecule has 14 heavy (non-hydrogen) atoms. The van der Waals surface area contributed by atoms with E-state index in [1.807, 2.05) is 6.07 Å². The van der Waals surface area contributed by atoms with Gasteiger partial charge in [-0.15, -0.1) is 0 Å². The van der Waals surface area contributed by atoms with Gasteiger partial charge in [0.2, 0.25) is 0 Å². The molecule has 0 spiro atoms. The van der Waals surface area contributed by atoms with Crippen LogP contribution in [0.5, 0.6) is 0 Å². The lowest BCUT2D eigenvalue weighted by molar-refractivity contribution is 0.251.